The van der Waals surface area contributed by atoms with Crippen molar-refractivity contribution >= 4 is 0 Å². The van der Waals surface area contributed by atoms with Crippen molar-refractivity contribution in [3.8, 4) is 24.7 Å². The summed E-state index contributed by atoms with van der Waals surface area (Å²) in [4.78, 5) is 0. The maximum absolute atomic E-state index is 5.10. The van der Waals surface area contributed by atoms with Crippen molar-refractivity contribution in [2.45, 2.75) is 19.4 Å². The van der Waals surface area contributed by atoms with Gasteiger partial charge in [0.05, 0.1) is 0 Å². The number of terminal acetylenes is 2. The second-order valence-electron chi connectivity index (χ2n) is 2.15. The van der Waals surface area contributed by atoms with Gasteiger partial charge in [-0.05, 0) is 13.8 Å². The highest BCUT2D eigenvalue weighted by Gasteiger charge is 2.11. The van der Waals surface area contributed by atoms with E-state index >= 15 is 0 Å². The fourth-order valence-electron chi connectivity index (χ4n) is 0.264. The first kappa shape index (κ1) is 8.08. The molecule has 0 aromatic rings. The third kappa shape index (κ3) is 3.64. The highest BCUT2D eigenvalue weighted by molar-refractivity contribution is 5.03. The summed E-state index contributed by atoms with van der Waals surface area (Å²) in [5, 5.41) is 0. The van der Waals surface area contributed by atoms with Crippen LogP contribution in [0.1, 0.15) is 13.8 Å². The largest absolute Gasteiger partial charge is 0.350 e. The molecule has 1 nitrogen and oxygen atoms in total. The van der Waals surface area contributed by atoms with Gasteiger partial charge in [-0.1, -0.05) is 11.8 Å². The van der Waals surface area contributed by atoms with E-state index in [-0.39, 0.29) is 6.61 Å². The first-order valence-corrected chi connectivity index (χ1v) is 2.67. The van der Waals surface area contributed by atoms with Crippen LogP contribution in [0.15, 0.2) is 0 Å². The predicted molar refractivity (Wildman–Crippen MR) is 37.7 cm³/mol. The van der Waals surface area contributed by atoms with Gasteiger partial charge in [-0.3, -0.25) is 0 Å². The second kappa shape index (κ2) is 3.17. The van der Waals surface area contributed by atoms with Crippen LogP contribution in [-0.4, -0.2) is 12.2 Å². The molecule has 0 aromatic carbocycles. The molecule has 0 aliphatic rings. The lowest BCUT2D eigenvalue weighted by molar-refractivity contribution is 0.0506. The van der Waals surface area contributed by atoms with E-state index in [4.69, 9.17) is 17.6 Å². The van der Waals surface area contributed by atoms with Crippen LogP contribution in [0.25, 0.3) is 0 Å². The van der Waals surface area contributed by atoms with E-state index in [1.54, 1.807) is 13.8 Å². The highest BCUT2D eigenvalue weighted by atomic mass is 16.5. The van der Waals surface area contributed by atoms with Gasteiger partial charge in [0.25, 0.3) is 0 Å². The Kier molecular flexibility index (Phi) is 2.85. The molecule has 0 saturated heterocycles. The smallest absolute Gasteiger partial charge is 0.124 e. The van der Waals surface area contributed by atoms with Crippen LogP contribution in [0.4, 0.5) is 0 Å². The normalized spacial score (nSPS) is 9.78. The van der Waals surface area contributed by atoms with Crippen LogP contribution in [0, 0.1) is 24.7 Å². The van der Waals surface area contributed by atoms with Gasteiger partial charge in [0.15, 0.2) is 0 Å². The van der Waals surface area contributed by atoms with Crippen LogP contribution in [0.3, 0.4) is 0 Å². The molecule has 0 bridgehead atoms. The quantitative estimate of drug-likeness (QED) is 0.497. The number of ether oxygens (including phenoxy) is 1. The Morgan fingerprint density at radius 1 is 1.44 bits per heavy atom. The molecule has 0 fully saturated rings. The summed E-state index contributed by atoms with van der Waals surface area (Å²) < 4.78 is 5.06. The maximum Gasteiger partial charge on any atom is 0.124 e. The van der Waals surface area contributed by atoms with Crippen molar-refractivity contribution in [2.75, 3.05) is 6.61 Å². The van der Waals surface area contributed by atoms with Crippen LogP contribution in [-0.2, 0) is 4.74 Å². The number of rotatable bonds is 2. The first-order valence-electron chi connectivity index (χ1n) is 2.67. The molecule has 0 heterocycles. The minimum Gasteiger partial charge on any atom is -0.350 e. The van der Waals surface area contributed by atoms with Crippen LogP contribution < -0.4 is 0 Å². The Labute approximate surface area is 56.4 Å². The van der Waals surface area contributed by atoms with Gasteiger partial charge in [-0.15, -0.1) is 12.8 Å². The van der Waals surface area contributed by atoms with E-state index < -0.39 is 5.60 Å². The van der Waals surface area contributed by atoms with E-state index in [2.05, 4.69) is 11.8 Å². The van der Waals surface area contributed by atoms with Crippen LogP contribution in [0.2, 0.25) is 0 Å². The maximum atomic E-state index is 5.10. The molecule has 0 rings (SSSR count). The monoisotopic (exact) mass is 122 g/mol. The lowest BCUT2D eigenvalue weighted by atomic mass is 10.1. The minimum atomic E-state index is -0.521. The zero-order valence-corrected chi connectivity index (χ0v) is 5.77. The van der Waals surface area contributed by atoms with E-state index in [0.717, 1.165) is 0 Å². The van der Waals surface area contributed by atoms with E-state index in [0.29, 0.717) is 0 Å². The van der Waals surface area contributed by atoms with Crippen molar-refractivity contribution in [3.63, 3.8) is 0 Å². The van der Waals surface area contributed by atoms with Gasteiger partial charge in [-0.2, -0.15) is 0 Å². The molecule has 0 N–H and O–H groups in total. The third-order valence-electron chi connectivity index (χ3n) is 0.864. The van der Waals surface area contributed by atoms with Crippen molar-refractivity contribution in [1.29, 1.82) is 0 Å². The Morgan fingerprint density at radius 2 is 2.00 bits per heavy atom. The summed E-state index contributed by atoms with van der Waals surface area (Å²) in [6, 6.07) is 0. The minimum absolute atomic E-state index is 0.275. The molecule has 0 aliphatic heterocycles. The standard InChI is InChI=1S/C8H10O/c1-5-7-9-8(3,4)6-2/h1-2H,7H2,3-4H3. The summed E-state index contributed by atoms with van der Waals surface area (Å²) in [7, 11) is 0. The van der Waals surface area contributed by atoms with Crippen molar-refractivity contribution in [3.05, 3.63) is 0 Å². The van der Waals surface area contributed by atoms with Gasteiger partial charge in [0.1, 0.15) is 12.2 Å². The van der Waals surface area contributed by atoms with Crippen LogP contribution >= 0.6 is 0 Å². The highest BCUT2D eigenvalue weighted by Crippen LogP contribution is 2.04. The Balaban J connectivity index is 3.65. The molecular formula is C8H10O. The summed E-state index contributed by atoms with van der Waals surface area (Å²) in [6.45, 7) is 3.87. The van der Waals surface area contributed by atoms with Crippen LogP contribution in [0.5, 0.6) is 0 Å². The third-order valence-corrected chi connectivity index (χ3v) is 0.864. The van der Waals surface area contributed by atoms with Gasteiger partial charge in [0.2, 0.25) is 0 Å². The molecule has 0 saturated carbocycles. The van der Waals surface area contributed by atoms with Gasteiger partial charge in [0, 0.05) is 0 Å². The summed E-state index contributed by atoms with van der Waals surface area (Å²) in [5.74, 6) is 4.80. The fourth-order valence-corrected chi connectivity index (χ4v) is 0.264. The van der Waals surface area contributed by atoms with Crippen molar-refractivity contribution in [1.82, 2.24) is 0 Å². The van der Waals surface area contributed by atoms with Gasteiger partial charge < -0.3 is 4.74 Å². The first-order chi connectivity index (χ1) is 4.12. The lowest BCUT2D eigenvalue weighted by Crippen LogP contribution is -2.21. The van der Waals surface area contributed by atoms with Crippen molar-refractivity contribution < 1.29 is 4.74 Å². The number of hydrogen-bond donors (Lipinski definition) is 0. The molecule has 0 spiro atoms. The van der Waals surface area contributed by atoms with E-state index in [9.17, 15) is 0 Å². The topological polar surface area (TPSA) is 9.23 Å². The Bertz CT molecular complexity index is 154. The van der Waals surface area contributed by atoms with E-state index in [1.165, 1.54) is 0 Å². The summed E-state index contributed by atoms with van der Waals surface area (Å²) in [6.07, 6.45) is 10.1. The molecular weight excluding hydrogens is 112 g/mol. The summed E-state index contributed by atoms with van der Waals surface area (Å²) in [5.41, 5.74) is -0.521. The zero-order valence-electron chi connectivity index (χ0n) is 5.77. The fraction of sp³-hybridized carbons (Fsp3) is 0.500. The molecule has 0 atom stereocenters. The molecule has 9 heavy (non-hydrogen) atoms. The summed E-state index contributed by atoms with van der Waals surface area (Å²) >= 11 is 0. The van der Waals surface area contributed by atoms with Gasteiger partial charge in [-0.25, -0.2) is 0 Å². The molecule has 48 valence electrons. The molecule has 1 heteroatoms. The average Bonchev–Trinajstić information content (AvgIpc) is 1.84. The zero-order chi connectivity index (χ0) is 7.33. The van der Waals surface area contributed by atoms with Crippen molar-refractivity contribution in [2.24, 2.45) is 0 Å². The Hall–Kier alpha value is -0.920. The predicted octanol–water partition coefficient (Wildman–Crippen LogP) is 1.05. The molecule has 0 radical (unpaired) electrons. The Morgan fingerprint density at radius 3 is 2.33 bits per heavy atom. The SMILES string of the molecule is C#CCOC(C)(C)C#C. The second-order valence-corrected chi connectivity index (χ2v) is 2.15. The lowest BCUT2D eigenvalue weighted by Gasteiger charge is -2.15. The number of hydrogen-bond acceptors (Lipinski definition) is 1. The average molecular weight is 122 g/mol. The molecule has 0 aromatic heterocycles. The molecule has 0 amide bonds. The van der Waals surface area contributed by atoms with E-state index in [1.807, 2.05) is 0 Å². The molecule has 0 unspecified atom stereocenters. The van der Waals surface area contributed by atoms with Gasteiger partial charge >= 0.3 is 0 Å². The molecule has 0 aliphatic carbocycles.